The average Bonchev–Trinajstić information content (AvgIpc) is 3.82. The highest BCUT2D eigenvalue weighted by Crippen LogP contribution is 2.76. The van der Waals surface area contributed by atoms with Crippen molar-refractivity contribution in [1.29, 1.82) is 0 Å². The van der Waals surface area contributed by atoms with Crippen LogP contribution in [0.5, 0.6) is 5.75 Å². The quantitative estimate of drug-likeness (QED) is 0.407. The number of nitrogens with one attached hydrogen (secondary N) is 1. The third-order valence-corrected chi connectivity index (χ3v) is 10.9. The molecule has 6 unspecified atom stereocenters. The van der Waals surface area contributed by atoms with Gasteiger partial charge in [-0.25, -0.2) is 0 Å². The van der Waals surface area contributed by atoms with Crippen LogP contribution in [0.15, 0.2) is 42.5 Å². The summed E-state index contributed by atoms with van der Waals surface area (Å²) in [5, 5.41) is 27.5. The summed E-state index contributed by atoms with van der Waals surface area (Å²) < 4.78 is 5.60. The predicted octanol–water partition coefficient (Wildman–Crippen LogP) is 2.56. The molecule has 4 aliphatic carbocycles. The van der Waals surface area contributed by atoms with Crippen LogP contribution < -0.4 is 11.1 Å². The molecule has 1 aliphatic heterocycles. The molecular formula is C31H37N3O5. The number of rotatable bonds is 7. The monoisotopic (exact) mass is 531 g/mol. The fraction of sp³-hybridized carbons (Fsp3) is 0.548. The van der Waals surface area contributed by atoms with Gasteiger partial charge in [-0.05, 0) is 67.6 Å². The molecule has 5 N–H and O–H groups in total. The van der Waals surface area contributed by atoms with E-state index in [4.69, 9.17) is 10.5 Å². The fourth-order valence-electron chi connectivity index (χ4n) is 9.04. The van der Waals surface area contributed by atoms with Crippen LogP contribution in [0.3, 0.4) is 0 Å². The van der Waals surface area contributed by atoms with E-state index < -0.39 is 23.0 Å². The average molecular weight is 532 g/mol. The molecular weight excluding hydrogens is 494 g/mol. The van der Waals surface area contributed by atoms with Crippen molar-refractivity contribution in [1.82, 2.24) is 10.2 Å². The fourth-order valence-corrected chi connectivity index (χ4v) is 9.04. The molecule has 39 heavy (non-hydrogen) atoms. The Morgan fingerprint density at radius 1 is 1.18 bits per heavy atom. The zero-order chi connectivity index (χ0) is 27.3. The number of ether oxygens (including phenoxy) is 1. The predicted molar refractivity (Wildman–Crippen MR) is 144 cm³/mol. The first-order valence-corrected chi connectivity index (χ1v) is 14.2. The number of aliphatic hydroxyl groups is 1. The second-order valence-electron chi connectivity index (χ2n) is 12.7. The minimum absolute atomic E-state index is 0.00423. The van der Waals surface area contributed by atoms with Gasteiger partial charge in [0.2, 0.25) is 0 Å². The summed E-state index contributed by atoms with van der Waals surface area (Å²) in [6.45, 7) is 3.08. The molecule has 2 spiro atoms. The van der Waals surface area contributed by atoms with Crippen molar-refractivity contribution in [3.8, 4) is 5.75 Å². The summed E-state index contributed by atoms with van der Waals surface area (Å²) >= 11 is 0. The summed E-state index contributed by atoms with van der Waals surface area (Å²) in [5.74, 6) is -0.517. The Hall–Kier alpha value is -2.94. The lowest BCUT2D eigenvalue weighted by atomic mass is 9.51. The summed E-state index contributed by atoms with van der Waals surface area (Å²) in [6, 6.07) is 12.7. The van der Waals surface area contributed by atoms with Gasteiger partial charge < -0.3 is 26.0 Å². The van der Waals surface area contributed by atoms with E-state index in [1.54, 1.807) is 6.07 Å². The van der Waals surface area contributed by atoms with Crippen molar-refractivity contribution < 1.29 is 24.5 Å². The Balaban J connectivity index is 1.29. The van der Waals surface area contributed by atoms with E-state index in [0.717, 1.165) is 24.1 Å². The van der Waals surface area contributed by atoms with E-state index in [1.165, 1.54) is 20.0 Å². The smallest absolute Gasteiger partial charge is 0.253 e. The van der Waals surface area contributed by atoms with Gasteiger partial charge >= 0.3 is 0 Å². The highest BCUT2D eigenvalue weighted by atomic mass is 16.5. The number of carbonyl (C=O) groups is 2. The van der Waals surface area contributed by atoms with Gasteiger partial charge in [-0.1, -0.05) is 43.3 Å². The lowest BCUT2D eigenvalue weighted by molar-refractivity contribution is -0.137. The van der Waals surface area contributed by atoms with E-state index in [1.807, 2.05) is 36.4 Å². The van der Waals surface area contributed by atoms with Crippen molar-refractivity contribution in [2.24, 2.45) is 17.6 Å². The number of benzene rings is 2. The van der Waals surface area contributed by atoms with E-state index in [9.17, 15) is 19.8 Å². The van der Waals surface area contributed by atoms with Gasteiger partial charge in [-0.15, -0.1) is 0 Å². The van der Waals surface area contributed by atoms with Crippen molar-refractivity contribution >= 4 is 11.8 Å². The Morgan fingerprint density at radius 2 is 1.92 bits per heavy atom. The van der Waals surface area contributed by atoms with Crippen LogP contribution in [0.1, 0.15) is 72.2 Å². The number of nitrogens with two attached hydrogens (primary N) is 1. The summed E-state index contributed by atoms with van der Waals surface area (Å²) in [6.07, 6.45) is 4.28. The maximum atomic E-state index is 13.5. The number of hydrogen-bond acceptors (Lipinski definition) is 6. The number of hydrogen-bond donors (Lipinski definition) is 4. The van der Waals surface area contributed by atoms with Gasteiger partial charge in [0, 0.05) is 36.2 Å². The molecule has 4 fully saturated rings. The highest BCUT2D eigenvalue weighted by molar-refractivity contribution is 5.96. The van der Waals surface area contributed by atoms with Crippen LogP contribution in [0.2, 0.25) is 0 Å². The first-order valence-electron chi connectivity index (χ1n) is 14.2. The third-order valence-electron chi connectivity index (χ3n) is 10.9. The van der Waals surface area contributed by atoms with Gasteiger partial charge in [-0.2, -0.15) is 0 Å². The molecule has 7 rings (SSSR count). The molecule has 206 valence electrons. The maximum Gasteiger partial charge on any atom is 0.253 e. The molecule has 8 nitrogen and oxygen atoms in total. The number of likely N-dealkylation sites (tertiary alicyclic amines) is 1. The van der Waals surface area contributed by atoms with E-state index in [2.05, 4.69) is 17.1 Å². The topological polar surface area (TPSA) is 125 Å². The van der Waals surface area contributed by atoms with Crippen molar-refractivity contribution in [2.75, 3.05) is 13.7 Å². The van der Waals surface area contributed by atoms with Crippen LogP contribution in [-0.4, -0.2) is 63.8 Å². The molecule has 2 aromatic rings. The third kappa shape index (κ3) is 3.22. The molecule has 1 heterocycles. The highest BCUT2D eigenvalue weighted by Gasteiger charge is 2.86. The van der Waals surface area contributed by atoms with Crippen LogP contribution in [0.25, 0.3) is 0 Å². The molecule has 2 bridgehead atoms. The number of carbonyl (C=O) groups excluding carboxylic acids is 2. The minimum atomic E-state index is -1.08. The number of methoxy groups -OCH3 is 1. The first-order chi connectivity index (χ1) is 18.7. The molecule has 8 atom stereocenters. The largest absolute Gasteiger partial charge is 0.507 e. The molecule has 3 saturated carbocycles. The first kappa shape index (κ1) is 25.1. The van der Waals surface area contributed by atoms with Crippen LogP contribution in [-0.2, 0) is 21.4 Å². The minimum Gasteiger partial charge on any atom is -0.507 e. The molecule has 2 amide bonds. The number of amides is 2. The normalized spacial score (nSPS) is 38.2. The molecule has 2 aromatic carbocycles. The lowest BCUT2D eigenvalue weighted by Gasteiger charge is -2.57. The second kappa shape index (κ2) is 8.29. The number of nitrogens with zero attached hydrogens (tertiary/aromatic N) is 1. The van der Waals surface area contributed by atoms with E-state index in [-0.39, 0.29) is 40.8 Å². The Bertz CT molecular complexity index is 1360. The van der Waals surface area contributed by atoms with Crippen molar-refractivity contribution in [3.63, 3.8) is 0 Å². The summed E-state index contributed by atoms with van der Waals surface area (Å²) in [5.41, 5.74) is 6.09. The van der Waals surface area contributed by atoms with Gasteiger partial charge in [0.05, 0.1) is 17.2 Å². The van der Waals surface area contributed by atoms with Gasteiger partial charge in [0.15, 0.2) is 6.10 Å². The number of primary amides is 1. The Labute approximate surface area is 228 Å². The zero-order valence-electron chi connectivity index (χ0n) is 22.5. The summed E-state index contributed by atoms with van der Waals surface area (Å²) in [7, 11) is 1.53. The molecule has 8 heteroatoms. The van der Waals surface area contributed by atoms with Gasteiger partial charge in [0.25, 0.3) is 11.8 Å². The Morgan fingerprint density at radius 3 is 2.59 bits per heavy atom. The molecule has 0 radical (unpaired) electrons. The zero-order valence-corrected chi connectivity index (χ0v) is 22.5. The van der Waals surface area contributed by atoms with Crippen LogP contribution >= 0.6 is 0 Å². The Kier molecular flexibility index (Phi) is 5.32. The lowest BCUT2D eigenvalue weighted by Crippen LogP contribution is -2.66. The van der Waals surface area contributed by atoms with Crippen molar-refractivity contribution in [3.05, 3.63) is 64.7 Å². The number of piperidine rings is 1. The van der Waals surface area contributed by atoms with E-state index >= 15 is 0 Å². The number of aromatic hydroxyl groups is 1. The van der Waals surface area contributed by atoms with Crippen LogP contribution in [0, 0.1) is 11.8 Å². The SMILES string of the molecule is CO[C@H](C(=O)NC1CCC2(O)C3N(CC4CC4)C34Cc3ccc(C(N)=O)c(O)c3C2(C4)[C@H]1C)c1ccccc1. The number of phenols is 1. The van der Waals surface area contributed by atoms with Crippen molar-refractivity contribution in [2.45, 2.75) is 80.2 Å². The molecule has 5 aliphatic rings. The molecule has 1 saturated heterocycles. The molecule has 0 aromatic heterocycles. The number of fused-ring (bicyclic) bond motifs is 2. The van der Waals surface area contributed by atoms with E-state index in [0.29, 0.717) is 30.7 Å². The maximum absolute atomic E-state index is 13.5. The van der Waals surface area contributed by atoms with Gasteiger partial charge in [0.1, 0.15) is 5.75 Å². The summed E-state index contributed by atoms with van der Waals surface area (Å²) in [4.78, 5) is 28.3. The van der Waals surface area contributed by atoms with Crippen LogP contribution in [0.4, 0.5) is 0 Å². The standard InChI is InChI=1S/C31H37N3O5/c1-17-22(33-27(37)25(39-2)19-6-4-3-5-7-19)12-13-31(38)28-29(34(28)15-18-8-9-18)14-20-10-11-21(26(32)36)24(35)23(20)30(17,31)16-29/h3-7,10-11,17-18,22,25,28,35,38H,8-9,12-16H2,1-2H3,(H2,32,36)(H,33,37)/t17-,22?,25-,28?,29?,30?,31?,34?/m0/s1. The van der Waals surface area contributed by atoms with Gasteiger partial charge in [-0.3, -0.25) is 14.5 Å². The second-order valence-corrected chi connectivity index (χ2v) is 12.7.